The molecule has 1 fully saturated rings. The Bertz CT molecular complexity index is 2130. The normalized spacial score (nSPS) is 18.9. The summed E-state index contributed by atoms with van der Waals surface area (Å²) >= 11 is 0. The molecule has 1 aliphatic rings. The minimum atomic E-state index is -1.30. The summed E-state index contributed by atoms with van der Waals surface area (Å²) in [6.45, 7) is 1.08. The molecule has 7 rings (SSSR count). The van der Waals surface area contributed by atoms with Crippen molar-refractivity contribution in [2.24, 2.45) is 0 Å². The van der Waals surface area contributed by atoms with Gasteiger partial charge in [-0.2, -0.15) is 0 Å². The fourth-order valence-electron chi connectivity index (χ4n) is 6.65. The molecule has 1 aliphatic heterocycles. The van der Waals surface area contributed by atoms with E-state index in [0.717, 1.165) is 27.8 Å². The van der Waals surface area contributed by atoms with Crippen molar-refractivity contribution >= 4 is 11.9 Å². The molecule has 6 aromatic rings. The Balaban J connectivity index is 1.20. The van der Waals surface area contributed by atoms with Gasteiger partial charge in [0.2, 0.25) is 6.29 Å². The lowest BCUT2D eigenvalue weighted by molar-refractivity contribution is -0.315. The second-order valence-electron chi connectivity index (χ2n) is 13.8. The van der Waals surface area contributed by atoms with Gasteiger partial charge >= 0.3 is 11.9 Å². The van der Waals surface area contributed by atoms with E-state index in [-0.39, 0.29) is 44.2 Å². The van der Waals surface area contributed by atoms with Crippen LogP contribution in [0, 0.1) is 0 Å². The van der Waals surface area contributed by atoms with Crippen molar-refractivity contribution in [2.75, 3.05) is 6.61 Å². The maximum atomic E-state index is 14.2. The predicted molar refractivity (Wildman–Crippen MR) is 217 cm³/mol. The number of hydrogen-bond donors (Lipinski definition) is 0. The molecule has 0 radical (unpaired) electrons. The van der Waals surface area contributed by atoms with Gasteiger partial charge in [-0.25, -0.2) is 9.59 Å². The number of esters is 2. The van der Waals surface area contributed by atoms with Crippen molar-refractivity contribution in [2.45, 2.75) is 63.7 Å². The van der Waals surface area contributed by atoms with Crippen LogP contribution in [0.15, 0.2) is 176 Å². The highest BCUT2D eigenvalue weighted by molar-refractivity contribution is 6.03. The summed E-state index contributed by atoms with van der Waals surface area (Å²) < 4.78 is 44.9. The fourth-order valence-corrected chi connectivity index (χ4v) is 6.65. The summed E-state index contributed by atoms with van der Waals surface area (Å²) in [6.07, 6.45) is -4.58. The standard InChI is InChI=1S/C49H46O9/c50-47(56-34-40-26-14-5-15-27-40)41-28-16-17-29-42(41)48(51)58-49-46(55-33-39-24-12-4-13-25-39)45(54-32-38-22-10-3-11-23-38)44(53-31-37-20-8-2-9-21-37)43(57-49)35-52-30-36-18-6-1-7-19-36/h1-29,43-46,49H,30-35H2/t43-,44-,45+,46-,49?/m1/s1. The first-order valence-electron chi connectivity index (χ1n) is 19.4. The molecule has 9 heteroatoms. The topological polar surface area (TPSA) is 98.8 Å². The van der Waals surface area contributed by atoms with Gasteiger partial charge in [0.1, 0.15) is 31.0 Å². The van der Waals surface area contributed by atoms with E-state index in [4.69, 9.17) is 33.2 Å². The molecule has 0 amide bonds. The third-order valence-corrected chi connectivity index (χ3v) is 9.64. The summed E-state index contributed by atoms with van der Waals surface area (Å²) in [5.74, 6) is -1.46. The Labute approximate surface area is 339 Å². The van der Waals surface area contributed by atoms with E-state index in [0.29, 0.717) is 6.61 Å². The van der Waals surface area contributed by atoms with E-state index in [1.54, 1.807) is 12.1 Å². The van der Waals surface area contributed by atoms with Crippen molar-refractivity contribution in [1.29, 1.82) is 0 Å². The fraction of sp³-hybridized carbons (Fsp3) is 0.224. The molecule has 0 saturated carbocycles. The van der Waals surface area contributed by atoms with E-state index in [2.05, 4.69) is 0 Å². The minimum Gasteiger partial charge on any atom is -0.457 e. The molecule has 9 nitrogen and oxygen atoms in total. The van der Waals surface area contributed by atoms with Gasteiger partial charge in [-0.15, -0.1) is 0 Å². The van der Waals surface area contributed by atoms with E-state index in [1.165, 1.54) is 12.1 Å². The lowest BCUT2D eigenvalue weighted by atomic mass is 9.97. The maximum absolute atomic E-state index is 14.2. The monoisotopic (exact) mass is 778 g/mol. The van der Waals surface area contributed by atoms with Crippen LogP contribution in [0.2, 0.25) is 0 Å². The Morgan fingerprint density at radius 3 is 1.28 bits per heavy atom. The van der Waals surface area contributed by atoms with E-state index in [9.17, 15) is 9.59 Å². The molecule has 1 unspecified atom stereocenters. The van der Waals surface area contributed by atoms with Crippen LogP contribution >= 0.6 is 0 Å². The average molecular weight is 779 g/mol. The molecule has 0 N–H and O–H groups in total. The van der Waals surface area contributed by atoms with E-state index < -0.39 is 42.6 Å². The van der Waals surface area contributed by atoms with Gasteiger partial charge in [0.05, 0.1) is 44.2 Å². The summed E-state index contributed by atoms with van der Waals surface area (Å²) in [5.41, 5.74) is 4.67. The van der Waals surface area contributed by atoms with Crippen LogP contribution in [-0.2, 0) is 66.2 Å². The third kappa shape index (κ3) is 11.3. The Morgan fingerprint density at radius 2 is 0.793 bits per heavy atom. The molecule has 296 valence electrons. The van der Waals surface area contributed by atoms with E-state index in [1.807, 2.05) is 152 Å². The van der Waals surface area contributed by atoms with Crippen molar-refractivity contribution in [3.63, 3.8) is 0 Å². The highest BCUT2D eigenvalue weighted by atomic mass is 16.7. The lowest BCUT2D eigenvalue weighted by Gasteiger charge is -2.45. The van der Waals surface area contributed by atoms with Crippen LogP contribution in [0.4, 0.5) is 0 Å². The molecule has 0 spiro atoms. The van der Waals surface area contributed by atoms with Crippen LogP contribution in [0.5, 0.6) is 0 Å². The van der Waals surface area contributed by atoms with Crippen molar-refractivity contribution in [3.05, 3.63) is 215 Å². The summed E-state index contributed by atoms with van der Waals surface area (Å²) in [5, 5.41) is 0. The number of hydrogen-bond acceptors (Lipinski definition) is 9. The van der Waals surface area contributed by atoms with Crippen LogP contribution < -0.4 is 0 Å². The van der Waals surface area contributed by atoms with Gasteiger partial charge in [-0.05, 0) is 39.9 Å². The van der Waals surface area contributed by atoms with Crippen molar-refractivity contribution in [1.82, 2.24) is 0 Å². The number of ether oxygens (including phenoxy) is 7. The maximum Gasteiger partial charge on any atom is 0.341 e. The molecule has 1 saturated heterocycles. The largest absolute Gasteiger partial charge is 0.457 e. The average Bonchev–Trinajstić information content (AvgIpc) is 3.28. The zero-order chi connectivity index (χ0) is 39.8. The van der Waals surface area contributed by atoms with Crippen LogP contribution in [0.25, 0.3) is 0 Å². The number of carbonyl (C=O) groups is 2. The molecule has 6 aromatic carbocycles. The first-order valence-corrected chi connectivity index (χ1v) is 19.4. The molecular weight excluding hydrogens is 733 g/mol. The number of carbonyl (C=O) groups excluding carboxylic acids is 2. The summed E-state index contributed by atoms with van der Waals surface area (Å²) in [7, 11) is 0. The molecular formula is C49H46O9. The Morgan fingerprint density at radius 1 is 0.414 bits per heavy atom. The minimum absolute atomic E-state index is 0.0204. The quantitative estimate of drug-likeness (QED) is 0.0793. The Hall–Kier alpha value is -5.94. The molecule has 0 aromatic heterocycles. The molecule has 5 atom stereocenters. The van der Waals surface area contributed by atoms with Gasteiger partial charge < -0.3 is 33.2 Å². The second-order valence-corrected chi connectivity index (χ2v) is 13.8. The Kier molecular flexibility index (Phi) is 14.6. The second kappa shape index (κ2) is 21.0. The number of benzene rings is 6. The molecule has 0 bridgehead atoms. The smallest absolute Gasteiger partial charge is 0.341 e. The molecule has 1 heterocycles. The van der Waals surface area contributed by atoms with Gasteiger partial charge in [0, 0.05) is 0 Å². The molecule has 0 aliphatic carbocycles. The number of rotatable bonds is 18. The zero-order valence-corrected chi connectivity index (χ0v) is 32.0. The first-order chi connectivity index (χ1) is 28.6. The highest BCUT2D eigenvalue weighted by Crippen LogP contribution is 2.32. The van der Waals surface area contributed by atoms with Gasteiger partial charge in [0.25, 0.3) is 0 Å². The highest BCUT2D eigenvalue weighted by Gasteiger charge is 2.50. The summed E-state index contributed by atoms with van der Waals surface area (Å²) in [4.78, 5) is 27.7. The third-order valence-electron chi connectivity index (χ3n) is 9.64. The van der Waals surface area contributed by atoms with Gasteiger partial charge in [-0.3, -0.25) is 0 Å². The predicted octanol–water partition coefficient (Wildman–Crippen LogP) is 8.90. The molecule has 58 heavy (non-hydrogen) atoms. The van der Waals surface area contributed by atoms with Crippen LogP contribution in [0.1, 0.15) is 48.5 Å². The van der Waals surface area contributed by atoms with E-state index >= 15 is 0 Å². The lowest BCUT2D eigenvalue weighted by Crippen LogP contribution is -2.62. The van der Waals surface area contributed by atoms with Crippen LogP contribution in [0.3, 0.4) is 0 Å². The summed E-state index contributed by atoms with van der Waals surface area (Å²) in [6, 6.07) is 54.9. The SMILES string of the molecule is O=C(OCc1ccccc1)c1ccccc1C(=O)OC1O[C@H](COCc2ccccc2)[C@@H](OCc2ccccc2)[C@H](OCc2ccccc2)[C@H]1OCc1ccccc1. The zero-order valence-electron chi connectivity index (χ0n) is 32.0. The first kappa shape index (κ1) is 40.3. The van der Waals surface area contributed by atoms with Crippen molar-refractivity contribution in [3.8, 4) is 0 Å². The van der Waals surface area contributed by atoms with Crippen LogP contribution in [-0.4, -0.2) is 49.3 Å². The van der Waals surface area contributed by atoms with Gasteiger partial charge in [-0.1, -0.05) is 164 Å². The van der Waals surface area contributed by atoms with Gasteiger partial charge in [0.15, 0.2) is 0 Å². The van der Waals surface area contributed by atoms with Crippen molar-refractivity contribution < 1.29 is 42.7 Å².